The minimum Gasteiger partial charge on any atom is -0.872 e. The minimum atomic E-state index is -0.909. The third-order valence-corrected chi connectivity index (χ3v) is 5.39. The summed E-state index contributed by atoms with van der Waals surface area (Å²) in [7, 11) is 3.84. The van der Waals surface area contributed by atoms with Gasteiger partial charge in [-0.1, -0.05) is 24.8 Å². The van der Waals surface area contributed by atoms with E-state index in [1.165, 1.54) is 29.2 Å². The van der Waals surface area contributed by atoms with E-state index in [1.807, 2.05) is 21.0 Å². The van der Waals surface area contributed by atoms with Gasteiger partial charge in [0.05, 0.1) is 44.8 Å². The number of hydrogen-bond acceptors (Lipinski definition) is 6. The first kappa shape index (κ1) is 23.9. The first-order valence-electron chi connectivity index (χ1n) is 10.8. The Kier molecular flexibility index (Phi) is 7.44. The van der Waals surface area contributed by atoms with Crippen LogP contribution in [-0.4, -0.2) is 55.3 Å². The molecule has 0 saturated carbocycles. The number of carbonyl (C=O) groups is 2. The average Bonchev–Trinajstić information content (AvgIpc) is 3.06. The maximum Gasteiger partial charge on any atom is 0.295 e. The lowest BCUT2D eigenvalue weighted by molar-refractivity contribution is -0.857. The lowest BCUT2D eigenvalue weighted by Gasteiger charge is -2.27. The molecule has 174 valence electrons. The number of ketones is 1. The van der Waals surface area contributed by atoms with Crippen molar-refractivity contribution in [2.24, 2.45) is 0 Å². The second-order valence-electron chi connectivity index (χ2n) is 8.15. The van der Waals surface area contributed by atoms with Crippen LogP contribution in [0.4, 0.5) is 5.69 Å². The lowest BCUT2D eigenvalue weighted by atomic mass is 9.95. The van der Waals surface area contributed by atoms with E-state index in [-0.39, 0.29) is 23.4 Å². The molecule has 9 nitrogen and oxygen atoms in total. The molecule has 33 heavy (non-hydrogen) atoms. The highest BCUT2D eigenvalue weighted by Crippen LogP contribution is 2.39. The van der Waals surface area contributed by atoms with Crippen LogP contribution in [0.2, 0.25) is 0 Å². The van der Waals surface area contributed by atoms with Crippen LogP contribution in [-0.2, 0) is 9.59 Å². The highest BCUT2D eigenvalue weighted by Gasteiger charge is 2.44. The van der Waals surface area contributed by atoms with Gasteiger partial charge >= 0.3 is 0 Å². The van der Waals surface area contributed by atoms with Gasteiger partial charge in [0.15, 0.2) is 0 Å². The van der Waals surface area contributed by atoms with Crippen molar-refractivity contribution in [2.45, 2.75) is 19.4 Å². The molecule has 0 bridgehead atoms. The maximum absolute atomic E-state index is 13.4. The molecule has 1 aliphatic rings. The van der Waals surface area contributed by atoms with Gasteiger partial charge in [-0.3, -0.25) is 19.7 Å². The number of nitro benzene ring substituents is 1. The number of nitro groups is 1. The van der Waals surface area contributed by atoms with E-state index in [9.17, 15) is 24.8 Å². The molecule has 1 saturated heterocycles. The van der Waals surface area contributed by atoms with Crippen molar-refractivity contribution in [3.8, 4) is 5.75 Å². The number of likely N-dealkylation sites (tertiary alicyclic amines) is 1. The fraction of sp³-hybridized carbons (Fsp3) is 0.333. The first-order chi connectivity index (χ1) is 15.7. The Balaban J connectivity index is 2.06. The summed E-state index contributed by atoms with van der Waals surface area (Å²) < 4.78 is 5.54. The van der Waals surface area contributed by atoms with Gasteiger partial charge in [-0.05, 0) is 41.8 Å². The third kappa shape index (κ3) is 5.20. The minimum absolute atomic E-state index is 0.116. The largest absolute Gasteiger partial charge is 0.872 e. The molecule has 1 N–H and O–H groups in total. The van der Waals surface area contributed by atoms with Crippen LogP contribution < -0.4 is 14.7 Å². The van der Waals surface area contributed by atoms with Crippen LogP contribution >= 0.6 is 0 Å². The molecule has 9 heteroatoms. The quantitative estimate of drug-likeness (QED) is 0.197. The predicted octanol–water partition coefficient (Wildman–Crippen LogP) is 0.752. The molecule has 0 aliphatic carbocycles. The van der Waals surface area contributed by atoms with Crippen LogP contribution in [0.5, 0.6) is 5.75 Å². The van der Waals surface area contributed by atoms with Crippen LogP contribution in [0.25, 0.3) is 5.76 Å². The molecule has 1 amide bonds. The summed E-state index contributed by atoms with van der Waals surface area (Å²) in [4.78, 5) is 38.8. The fourth-order valence-electron chi connectivity index (χ4n) is 3.65. The lowest BCUT2D eigenvalue weighted by Crippen LogP contribution is -3.06. The van der Waals surface area contributed by atoms with Crippen molar-refractivity contribution in [3.05, 3.63) is 75.3 Å². The molecule has 1 fully saturated rings. The summed E-state index contributed by atoms with van der Waals surface area (Å²) in [5.74, 6) is -1.53. The van der Waals surface area contributed by atoms with Crippen molar-refractivity contribution < 1.29 is 29.3 Å². The molecule has 2 aromatic rings. The molecule has 0 spiro atoms. The molecular formula is C24H27N3O6. The van der Waals surface area contributed by atoms with Gasteiger partial charge in [-0.2, -0.15) is 0 Å². The van der Waals surface area contributed by atoms with Crippen molar-refractivity contribution >= 4 is 23.1 Å². The molecule has 0 radical (unpaired) electrons. The molecule has 1 aliphatic heterocycles. The van der Waals surface area contributed by atoms with Crippen molar-refractivity contribution in [1.29, 1.82) is 0 Å². The number of non-ortho nitro benzene ring substituents is 1. The Bertz CT molecular complexity index is 1060. The highest BCUT2D eigenvalue weighted by atomic mass is 16.6. The molecular weight excluding hydrogens is 426 g/mol. The summed E-state index contributed by atoms with van der Waals surface area (Å²) in [5.41, 5.74) is 0.473. The first-order valence-corrected chi connectivity index (χ1v) is 10.8. The van der Waals surface area contributed by atoms with Crippen LogP contribution in [0.3, 0.4) is 0 Å². The summed E-state index contributed by atoms with van der Waals surface area (Å²) in [5, 5.41) is 24.4. The fourth-order valence-corrected chi connectivity index (χ4v) is 3.65. The van der Waals surface area contributed by atoms with Gasteiger partial charge in [-0.25, -0.2) is 0 Å². The molecule has 2 aromatic carbocycles. The van der Waals surface area contributed by atoms with E-state index in [0.717, 1.165) is 11.3 Å². The number of Topliss-reactive ketones (excluding diaryl/α,β-unsaturated/α-hetero) is 1. The number of quaternary nitrogens is 1. The number of nitrogens with one attached hydrogen (secondary N) is 1. The van der Waals surface area contributed by atoms with Crippen LogP contribution in [0, 0.1) is 10.1 Å². The highest BCUT2D eigenvalue weighted by molar-refractivity contribution is 6.46. The molecule has 1 atom stereocenters. The topological polar surface area (TPSA) is 117 Å². The normalized spacial score (nSPS) is 17.6. The number of hydrogen-bond donors (Lipinski definition) is 1. The Morgan fingerprint density at radius 3 is 2.27 bits per heavy atom. The monoisotopic (exact) mass is 453 g/mol. The number of rotatable bonds is 9. The van der Waals surface area contributed by atoms with E-state index in [1.54, 1.807) is 24.3 Å². The van der Waals surface area contributed by atoms with Gasteiger partial charge in [0.25, 0.3) is 11.6 Å². The third-order valence-electron chi connectivity index (χ3n) is 5.39. The summed E-state index contributed by atoms with van der Waals surface area (Å²) in [6, 6.07) is 11.1. The standard InChI is InChI=1S/C24H27N3O6/c1-4-15-33-19-11-7-17(8-12-19)22(28)20-21(16-5-9-18(10-6-16)27(31)32)26(14-13-25(2)3)24(30)23(20)29/h5-12,21,28H,4,13-15H2,1-3H3. The zero-order valence-electron chi connectivity index (χ0n) is 18.9. The molecule has 1 heterocycles. The van der Waals surface area contributed by atoms with E-state index >= 15 is 0 Å². The number of carbonyl (C=O) groups excluding carboxylic acids is 2. The van der Waals surface area contributed by atoms with E-state index in [2.05, 4.69) is 0 Å². The van der Waals surface area contributed by atoms with E-state index in [4.69, 9.17) is 4.74 Å². The van der Waals surface area contributed by atoms with Crippen molar-refractivity contribution in [3.63, 3.8) is 0 Å². The zero-order chi connectivity index (χ0) is 24.1. The van der Waals surface area contributed by atoms with Gasteiger partial charge < -0.3 is 19.6 Å². The van der Waals surface area contributed by atoms with Gasteiger partial charge in [0, 0.05) is 17.7 Å². The van der Waals surface area contributed by atoms with Gasteiger partial charge in [0.1, 0.15) is 5.75 Å². The number of benzene rings is 2. The van der Waals surface area contributed by atoms with Crippen LogP contribution in [0.15, 0.2) is 54.1 Å². The SMILES string of the molecule is CCCOc1ccc(C([O-])=C2C(=O)C(=O)N(CC[NH+](C)C)C2c2ccc([N+](=O)[O-])cc2)cc1. The van der Waals surface area contributed by atoms with Crippen LogP contribution in [0.1, 0.15) is 30.5 Å². The predicted molar refractivity (Wildman–Crippen MR) is 119 cm³/mol. The van der Waals surface area contributed by atoms with Crippen molar-refractivity contribution in [2.75, 3.05) is 33.8 Å². The second kappa shape index (κ2) is 10.3. The maximum atomic E-state index is 13.4. The summed E-state index contributed by atoms with van der Waals surface area (Å²) in [6.45, 7) is 3.35. The zero-order valence-corrected chi connectivity index (χ0v) is 18.9. The second-order valence-corrected chi connectivity index (χ2v) is 8.15. The number of likely N-dealkylation sites (N-methyl/N-ethyl adjacent to an activating group) is 1. The Morgan fingerprint density at radius 1 is 1.09 bits per heavy atom. The van der Waals surface area contributed by atoms with Gasteiger partial charge in [-0.15, -0.1) is 0 Å². The van der Waals surface area contributed by atoms with Crippen molar-refractivity contribution in [1.82, 2.24) is 4.90 Å². The molecule has 1 unspecified atom stereocenters. The number of ether oxygens (including phenoxy) is 1. The Morgan fingerprint density at radius 2 is 1.73 bits per heavy atom. The van der Waals surface area contributed by atoms with E-state index < -0.39 is 28.4 Å². The number of amides is 1. The molecule has 0 aromatic heterocycles. The van der Waals surface area contributed by atoms with E-state index in [0.29, 0.717) is 24.5 Å². The van der Waals surface area contributed by atoms with Gasteiger partial charge in [0.2, 0.25) is 5.78 Å². The molecule has 3 rings (SSSR count). The number of nitrogens with zero attached hydrogens (tertiary/aromatic N) is 2. The Hall–Kier alpha value is -3.72. The Labute approximate surface area is 192 Å². The average molecular weight is 453 g/mol. The summed E-state index contributed by atoms with van der Waals surface area (Å²) >= 11 is 0. The smallest absolute Gasteiger partial charge is 0.295 e. The summed E-state index contributed by atoms with van der Waals surface area (Å²) in [6.07, 6.45) is 0.844.